The summed E-state index contributed by atoms with van der Waals surface area (Å²) >= 11 is 0. The number of aliphatic carboxylic acids is 3. The first-order valence-corrected chi connectivity index (χ1v) is 11.8. The van der Waals surface area contributed by atoms with Crippen molar-refractivity contribution in [3.63, 3.8) is 0 Å². The molecule has 17 heteroatoms. The summed E-state index contributed by atoms with van der Waals surface area (Å²) in [4.78, 5) is 47.9. The van der Waals surface area contributed by atoms with Crippen molar-refractivity contribution < 1.29 is 60.8 Å². The van der Waals surface area contributed by atoms with Gasteiger partial charge in [0.05, 0.1) is 11.6 Å². The Hall–Kier alpha value is -4.67. The minimum atomic E-state index is -5.08. The van der Waals surface area contributed by atoms with Crippen molar-refractivity contribution in [2.45, 2.75) is 31.7 Å². The minimum absolute atomic E-state index is 0.0574. The highest BCUT2D eigenvalue weighted by Crippen LogP contribution is 2.23. The number of hydrogen-bond acceptors (Lipinski definition) is 6. The number of hydrogen-bond donors (Lipinski definition) is 4. The van der Waals surface area contributed by atoms with Gasteiger partial charge in [-0.25, -0.2) is 14.6 Å². The number of carboxylic acids is 3. The normalized spacial score (nSPS) is 13.8. The van der Waals surface area contributed by atoms with E-state index in [2.05, 4.69) is 4.98 Å². The van der Waals surface area contributed by atoms with Crippen LogP contribution in [-0.2, 0) is 20.9 Å². The summed E-state index contributed by atoms with van der Waals surface area (Å²) in [5.74, 6) is -6.69. The molecule has 0 atom stereocenters. The summed E-state index contributed by atoms with van der Waals surface area (Å²) in [5.41, 5.74) is 9.92. The van der Waals surface area contributed by atoms with Gasteiger partial charge >= 0.3 is 30.3 Å². The van der Waals surface area contributed by atoms with Crippen LogP contribution in [0.3, 0.4) is 0 Å². The van der Waals surface area contributed by atoms with Crippen LogP contribution in [0.15, 0.2) is 48.8 Å². The van der Waals surface area contributed by atoms with E-state index in [-0.39, 0.29) is 11.8 Å². The van der Waals surface area contributed by atoms with Gasteiger partial charge in [-0.1, -0.05) is 18.2 Å². The highest BCUT2D eigenvalue weighted by atomic mass is 19.4. The molecule has 4 rings (SSSR count). The molecule has 1 aliphatic rings. The van der Waals surface area contributed by atoms with Gasteiger partial charge in [0.1, 0.15) is 5.65 Å². The summed E-state index contributed by atoms with van der Waals surface area (Å²) < 4.78 is 65.4. The second kappa shape index (κ2) is 13.8. The minimum Gasteiger partial charge on any atom is -0.481 e. The zero-order valence-electron chi connectivity index (χ0n) is 21.4. The second-order valence-electron chi connectivity index (χ2n) is 8.72. The van der Waals surface area contributed by atoms with Crippen molar-refractivity contribution in [2.24, 2.45) is 11.7 Å². The SMILES string of the molecule is NCc1ccc2nc(-c3ccc(C(=O)N4CCC(C(=O)O)CC4)cc3)cn2c1.O=C(O)C(F)(F)F.O=C(O)C(F)(F)F. The lowest BCUT2D eigenvalue weighted by molar-refractivity contribution is -0.193. The molecule has 0 radical (unpaired) electrons. The van der Waals surface area contributed by atoms with E-state index in [0.717, 1.165) is 22.5 Å². The number of carbonyl (C=O) groups excluding carboxylic acids is 1. The van der Waals surface area contributed by atoms with Gasteiger partial charge in [-0.3, -0.25) is 9.59 Å². The molecule has 5 N–H and O–H groups in total. The van der Waals surface area contributed by atoms with Crippen LogP contribution in [0.25, 0.3) is 16.9 Å². The summed E-state index contributed by atoms with van der Waals surface area (Å²) in [6, 6.07) is 11.3. The quantitative estimate of drug-likeness (QED) is 0.323. The Kier molecular flexibility index (Phi) is 11.0. The first-order valence-electron chi connectivity index (χ1n) is 11.8. The van der Waals surface area contributed by atoms with Crippen molar-refractivity contribution in [2.75, 3.05) is 13.1 Å². The number of amides is 1. The van der Waals surface area contributed by atoms with Gasteiger partial charge in [-0.15, -0.1) is 0 Å². The van der Waals surface area contributed by atoms with Crippen molar-refractivity contribution >= 4 is 29.5 Å². The third-order valence-electron chi connectivity index (χ3n) is 5.79. The molecule has 1 aliphatic heterocycles. The molecule has 3 heterocycles. The van der Waals surface area contributed by atoms with Gasteiger partial charge in [-0.05, 0) is 36.6 Å². The smallest absolute Gasteiger partial charge is 0.481 e. The van der Waals surface area contributed by atoms with E-state index in [4.69, 9.17) is 30.6 Å². The Balaban J connectivity index is 0.000000367. The van der Waals surface area contributed by atoms with Crippen molar-refractivity contribution in [3.8, 4) is 11.3 Å². The number of alkyl halides is 6. The number of pyridine rings is 1. The zero-order valence-corrected chi connectivity index (χ0v) is 21.4. The first-order chi connectivity index (χ1) is 19.4. The van der Waals surface area contributed by atoms with E-state index in [1.807, 2.05) is 41.1 Å². The van der Waals surface area contributed by atoms with Gasteiger partial charge in [0.25, 0.3) is 5.91 Å². The lowest BCUT2D eigenvalue weighted by Crippen LogP contribution is -2.40. The molecule has 0 unspecified atom stereocenters. The van der Waals surface area contributed by atoms with Gasteiger partial charge in [0, 0.05) is 43.2 Å². The lowest BCUT2D eigenvalue weighted by atomic mass is 9.96. The predicted molar refractivity (Wildman–Crippen MR) is 132 cm³/mol. The molecule has 2 aromatic heterocycles. The molecule has 3 aromatic rings. The van der Waals surface area contributed by atoms with Crippen LogP contribution in [0.5, 0.6) is 0 Å². The number of halogens is 6. The molecular formula is C25H24F6N4O7. The van der Waals surface area contributed by atoms with E-state index in [9.17, 15) is 35.9 Å². The van der Waals surface area contributed by atoms with Gasteiger partial charge < -0.3 is 30.4 Å². The first kappa shape index (κ1) is 33.5. The van der Waals surface area contributed by atoms with E-state index in [1.165, 1.54) is 0 Å². The number of carboxylic acid groups (broad SMARTS) is 3. The molecule has 228 valence electrons. The van der Waals surface area contributed by atoms with E-state index >= 15 is 0 Å². The zero-order chi connectivity index (χ0) is 31.8. The van der Waals surface area contributed by atoms with Crippen molar-refractivity contribution in [3.05, 3.63) is 59.9 Å². The number of carbonyl (C=O) groups is 4. The monoisotopic (exact) mass is 606 g/mol. The molecule has 0 spiro atoms. The standard InChI is InChI=1S/C21H22N4O3.2C2HF3O2/c22-11-14-1-6-19-23-18(13-25(19)12-14)15-2-4-16(5-3-15)20(26)24-9-7-17(8-10-24)21(27)28;2*3-2(4,5)1(6)7/h1-6,12-13,17H,7-11,22H2,(H,27,28);2*(H,6,7). The fourth-order valence-corrected chi connectivity index (χ4v) is 3.59. The maximum absolute atomic E-state index is 12.7. The Morgan fingerprint density at radius 1 is 0.833 bits per heavy atom. The molecule has 0 bridgehead atoms. The van der Waals surface area contributed by atoms with Crippen LogP contribution < -0.4 is 5.73 Å². The van der Waals surface area contributed by atoms with Crippen LogP contribution in [-0.4, -0.2) is 78.9 Å². The van der Waals surface area contributed by atoms with Crippen LogP contribution in [0, 0.1) is 5.92 Å². The topological polar surface area (TPSA) is 176 Å². The fraction of sp³-hybridized carbons (Fsp3) is 0.320. The number of aromatic nitrogens is 2. The Labute approximate surface area is 232 Å². The molecular weight excluding hydrogens is 582 g/mol. The lowest BCUT2D eigenvalue weighted by Gasteiger charge is -2.30. The highest BCUT2D eigenvalue weighted by Gasteiger charge is 2.38. The Bertz CT molecular complexity index is 1390. The van der Waals surface area contributed by atoms with Gasteiger partial charge in [0.15, 0.2) is 0 Å². The summed E-state index contributed by atoms with van der Waals surface area (Å²) in [5, 5.41) is 23.3. The largest absolute Gasteiger partial charge is 0.490 e. The number of nitrogens with zero attached hydrogens (tertiary/aromatic N) is 3. The summed E-state index contributed by atoms with van der Waals surface area (Å²) in [6.07, 6.45) is -5.25. The van der Waals surface area contributed by atoms with Crippen LogP contribution >= 0.6 is 0 Å². The molecule has 42 heavy (non-hydrogen) atoms. The molecule has 1 amide bonds. The van der Waals surface area contributed by atoms with E-state index in [0.29, 0.717) is 38.0 Å². The molecule has 0 saturated carbocycles. The molecule has 1 saturated heterocycles. The number of rotatable bonds is 4. The van der Waals surface area contributed by atoms with Gasteiger partial charge in [-0.2, -0.15) is 26.3 Å². The summed E-state index contributed by atoms with van der Waals surface area (Å²) in [7, 11) is 0. The highest BCUT2D eigenvalue weighted by molar-refractivity contribution is 5.94. The maximum atomic E-state index is 12.7. The maximum Gasteiger partial charge on any atom is 0.490 e. The Morgan fingerprint density at radius 3 is 1.76 bits per heavy atom. The van der Waals surface area contributed by atoms with Crippen molar-refractivity contribution in [1.82, 2.24) is 14.3 Å². The molecule has 0 aliphatic carbocycles. The third kappa shape index (κ3) is 9.46. The average Bonchev–Trinajstić information content (AvgIpc) is 3.36. The number of fused-ring (bicyclic) bond motifs is 1. The Morgan fingerprint density at radius 2 is 1.33 bits per heavy atom. The molecule has 1 fully saturated rings. The fourth-order valence-electron chi connectivity index (χ4n) is 3.59. The van der Waals surface area contributed by atoms with Crippen LogP contribution in [0.4, 0.5) is 26.3 Å². The number of piperidine rings is 1. The van der Waals surface area contributed by atoms with Crippen LogP contribution in [0.2, 0.25) is 0 Å². The van der Waals surface area contributed by atoms with Crippen LogP contribution in [0.1, 0.15) is 28.8 Å². The molecule has 11 nitrogen and oxygen atoms in total. The van der Waals surface area contributed by atoms with Gasteiger partial charge in [0.2, 0.25) is 0 Å². The molecule has 1 aromatic carbocycles. The number of likely N-dealkylation sites (tertiary alicyclic amines) is 1. The van der Waals surface area contributed by atoms with Crippen molar-refractivity contribution in [1.29, 1.82) is 0 Å². The number of nitrogens with two attached hydrogens (primary N) is 1. The average molecular weight is 606 g/mol. The third-order valence-corrected chi connectivity index (χ3v) is 5.79. The summed E-state index contributed by atoms with van der Waals surface area (Å²) in [6.45, 7) is 1.44. The second-order valence-corrected chi connectivity index (χ2v) is 8.72. The number of benzene rings is 1. The van der Waals surface area contributed by atoms with E-state index < -0.39 is 30.3 Å². The predicted octanol–water partition coefficient (Wildman–Crippen LogP) is 3.66. The van der Waals surface area contributed by atoms with E-state index in [1.54, 1.807) is 17.0 Å². The number of imidazole rings is 1.